The molecule has 0 amide bonds. The van der Waals surface area contributed by atoms with Crippen LogP contribution in [-0.4, -0.2) is 11.2 Å². The minimum Gasteiger partial charge on any atom is -0.391 e. The average Bonchev–Trinajstić information content (AvgIpc) is 2.43. The van der Waals surface area contributed by atoms with Crippen molar-refractivity contribution in [3.05, 3.63) is 71.0 Å². The van der Waals surface area contributed by atoms with Gasteiger partial charge in [0.1, 0.15) is 5.82 Å². The molecule has 0 aromatic heterocycles. The summed E-state index contributed by atoms with van der Waals surface area (Å²) in [7, 11) is 0. The smallest absolute Gasteiger partial charge is 0.163 e. The van der Waals surface area contributed by atoms with Gasteiger partial charge in [0.15, 0.2) is 11.6 Å². The molecule has 2 rings (SSSR count). The van der Waals surface area contributed by atoms with Crippen LogP contribution in [0.1, 0.15) is 17.2 Å². The molecule has 0 bridgehead atoms. The third-order valence-electron chi connectivity index (χ3n) is 3.08. The third-order valence-corrected chi connectivity index (χ3v) is 3.08. The van der Waals surface area contributed by atoms with Crippen LogP contribution in [0.3, 0.4) is 0 Å². The zero-order chi connectivity index (χ0) is 14.7. The molecule has 0 radical (unpaired) electrons. The number of halogens is 4. The fourth-order valence-electron chi connectivity index (χ4n) is 2.01. The highest BCUT2D eigenvalue weighted by molar-refractivity contribution is 5.85. The summed E-state index contributed by atoms with van der Waals surface area (Å²) < 4.78 is 39.9. The maximum atomic E-state index is 13.6. The van der Waals surface area contributed by atoms with Crippen LogP contribution in [-0.2, 0) is 6.42 Å². The predicted octanol–water partition coefficient (Wildman–Crippen LogP) is 3.13. The van der Waals surface area contributed by atoms with Gasteiger partial charge in [0.2, 0.25) is 0 Å². The van der Waals surface area contributed by atoms with Gasteiger partial charge in [-0.25, -0.2) is 13.2 Å². The first kappa shape index (κ1) is 17.5. The van der Waals surface area contributed by atoms with E-state index in [1.54, 1.807) is 24.3 Å². The number of aliphatic hydroxyl groups excluding tert-OH is 1. The first-order valence-electron chi connectivity index (χ1n) is 6.11. The summed E-state index contributed by atoms with van der Waals surface area (Å²) in [5.74, 6) is -3.48. The van der Waals surface area contributed by atoms with Gasteiger partial charge in [0.25, 0.3) is 0 Å². The molecule has 0 saturated heterocycles. The second-order valence-corrected chi connectivity index (χ2v) is 4.57. The zero-order valence-corrected chi connectivity index (χ0v) is 11.8. The molecule has 0 spiro atoms. The van der Waals surface area contributed by atoms with Gasteiger partial charge in [-0.2, -0.15) is 0 Å². The van der Waals surface area contributed by atoms with Crippen LogP contribution < -0.4 is 5.73 Å². The minimum atomic E-state index is -1.32. The van der Waals surface area contributed by atoms with E-state index in [-0.39, 0.29) is 24.4 Å². The largest absolute Gasteiger partial charge is 0.391 e. The molecule has 0 aliphatic heterocycles. The molecular weight excluding hydrogens is 303 g/mol. The van der Waals surface area contributed by atoms with Crippen molar-refractivity contribution in [2.75, 3.05) is 0 Å². The molecule has 0 aliphatic rings. The van der Waals surface area contributed by atoms with E-state index in [1.165, 1.54) is 0 Å². The van der Waals surface area contributed by atoms with E-state index in [0.717, 1.165) is 11.6 Å². The van der Waals surface area contributed by atoms with Crippen LogP contribution in [0.5, 0.6) is 0 Å². The van der Waals surface area contributed by atoms with Crippen LogP contribution in [0.4, 0.5) is 13.2 Å². The third kappa shape index (κ3) is 4.20. The second kappa shape index (κ2) is 7.45. The quantitative estimate of drug-likeness (QED) is 0.851. The maximum absolute atomic E-state index is 13.6. The van der Waals surface area contributed by atoms with Crippen LogP contribution in [0, 0.1) is 17.5 Å². The number of nitrogens with two attached hydrogens (primary N) is 1. The Morgan fingerprint density at radius 3 is 2.29 bits per heavy atom. The number of rotatable bonds is 4. The van der Waals surface area contributed by atoms with Crippen LogP contribution >= 0.6 is 12.4 Å². The molecule has 114 valence electrons. The van der Waals surface area contributed by atoms with Crippen molar-refractivity contribution in [1.29, 1.82) is 0 Å². The molecule has 2 atom stereocenters. The van der Waals surface area contributed by atoms with Gasteiger partial charge in [-0.05, 0) is 11.6 Å². The fourth-order valence-corrected chi connectivity index (χ4v) is 2.01. The monoisotopic (exact) mass is 317 g/mol. The second-order valence-electron chi connectivity index (χ2n) is 4.57. The van der Waals surface area contributed by atoms with Crippen molar-refractivity contribution >= 4 is 12.4 Å². The maximum Gasteiger partial charge on any atom is 0.163 e. The molecule has 2 aromatic rings. The minimum absolute atomic E-state index is 0. The van der Waals surface area contributed by atoms with Crippen molar-refractivity contribution in [1.82, 2.24) is 0 Å². The number of hydrogen-bond acceptors (Lipinski definition) is 2. The Labute approximate surface area is 126 Å². The molecule has 3 N–H and O–H groups in total. The molecular formula is C15H15ClF3NO. The molecule has 21 heavy (non-hydrogen) atoms. The normalized spacial score (nSPS) is 13.4. The summed E-state index contributed by atoms with van der Waals surface area (Å²) in [5.41, 5.74) is 6.13. The molecule has 0 saturated carbocycles. The highest BCUT2D eigenvalue weighted by Crippen LogP contribution is 2.23. The summed E-state index contributed by atoms with van der Waals surface area (Å²) in [6.45, 7) is 0. The molecule has 2 nitrogen and oxygen atoms in total. The summed E-state index contributed by atoms with van der Waals surface area (Å²) in [5, 5.41) is 9.99. The van der Waals surface area contributed by atoms with Crippen molar-refractivity contribution in [3.8, 4) is 0 Å². The Hall–Kier alpha value is -1.56. The van der Waals surface area contributed by atoms with Crippen molar-refractivity contribution in [3.63, 3.8) is 0 Å². The summed E-state index contributed by atoms with van der Waals surface area (Å²) >= 11 is 0. The first-order chi connectivity index (χ1) is 9.49. The van der Waals surface area contributed by atoms with E-state index in [9.17, 15) is 18.3 Å². The lowest BCUT2D eigenvalue weighted by Gasteiger charge is -2.20. The molecule has 2 aromatic carbocycles. The SMILES string of the molecule is Cl.N[C@H](c1cc(F)cc(F)c1F)[C@@H](O)Cc1ccccc1. The Kier molecular flexibility index (Phi) is 6.20. The van der Waals surface area contributed by atoms with Gasteiger partial charge < -0.3 is 10.8 Å². The Morgan fingerprint density at radius 1 is 1.05 bits per heavy atom. The molecule has 0 heterocycles. The summed E-state index contributed by atoms with van der Waals surface area (Å²) in [6, 6.07) is 8.98. The standard InChI is InChI=1S/C15H14F3NO.ClH/c16-10-7-11(14(18)12(17)8-10)15(19)13(20)6-9-4-2-1-3-5-9;/h1-5,7-8,13,15,20H,6,19H2;1H/t13-,15+;/m0./s1. The summed E-state index contributed by atoms with van der Waals surface area (Å²) in [6.07, 6.45) is -0.979. The zero-order valence-electron chi connectivity index (χ0n) is 11.0. The Morgan fingerprint density at radius 2 is 1.67 bits per heavy atom. The average molecular weight is 318 g/mol. The van der Waals surface area contributed by atoms with E-state index in [0.29, 0.717) is 6.07 Å². The predicted molar refractivity (Wildman–Crippen MR) is 76.6 cm³/mol. The van der Waals surface area contributed by atoms with Crippen LogP contribution in [0.15, 0.2) is 42.5 Å². The van der Waals surface area contributed by atoms with Gasteiger partial charge in [-0.15, -0.1) is 12.4 Å². The molecule has 0 fully saturated rings. The Balaban J connectivity index is 0.00000220. The lowest BCUT2D eigenvalue weighted by atomic mass is 9.96. The van der Waals surface area contributed by atoms with Crippen molar-refractivity contribution in [2.24, 2.45) is 5.73 Å². The topological polar surface area (TPSA) is 46.2 Å². The van der Waals surface area contributed by atoms with Crippen LogP contribution in [0.25, 0.3) is 0 Å². The van der Waals surface area contributed by atoms with E-state index >= 15 is 0 Å². The van der Waals surface area contributed by atoms with E-state index in [1.807, 2.05) is 6.07 Å². The van der Waals surface area contributed by atoms with Gasteiger partial charge in [0.05, 0.1) is 12.1 Å². The van der Waals surface area contributed by atoms with Crippen molar-refractivity contribution in [2.45, 2.75) is 18.6 Å². The van der Waals surface area contributed by atoms with Gasteiger partial charge in [-0.3, -0.25) is 0 Å². The Bertz CT molecular complexity index is 595. The van der Waals surface area contributed by atoms with Gasteiger partial charge in [-0.1, -0.05) is 30.3 Å². The van der Waals surface area contributed by atoms with Crippen LogP contribution in [0.2, 0.25) is 0 Å². The number of hydrogen-bond donors (Lipinski definition) is 2. The lowest BCUT2D eigenvalue weighted by Crippen LogP contribution is -2.29. The molecule has 0 aliphatic carbocycles. The first-order valence-corrected chi connectivity index (χ1v) is 6.11. The number of aliphatic hydroxyl groups is 1. The highest BCUT2D eigenvalue weighted by atomic mass is 35.5. The van der Waals surface area contributed by atoms with Gasteiger partial charge in [0, 0.05) is 18.1 Å². The highest BCUT2D eigenvalue weighted by Gasteiger charge is 2.23. The van der Waals surface area contributed by atoms with E-state index in [4.69, 9.17) is 5.73 Å². The fraction of sp³-hybridized carbons (Fsp3) is 0.200. The van der Waals surface area contributed by atoms with E-state index in [2.05, 4.69) is 0 Å². The molecule has 0 unspecified atom stereocenters. The molecule has 6 heteroatoms. The summed E-state index contributed by atoms with van der Waals surface area (Å²) in [4.78, 5) is 0. The van der Waals surface area contributed by atoms with Gasteiger partial charge >= 0.3 is 0 Å². The van der Waals surface area contributed by atoms with Crippen molar-refractivity contribution < 1.29 is 18.3 Å². The lowest BCUT2D eigenvalue weighted by molar-refractivity contribution is 0.143. The number of benzene rings is 2. The van der Waals surface area contributed by atoms with E-state index < -0.39 is 29.6 Å².